The van der Waals surface area contributed by atoms with Gasteiger partial charge in [-0.3, -0.25) is 0 Å². The Balaban J connectivity index is 1.84. The van der Waals surface area contributed by atoms with Crippen LogP contribution in [-0.2, 0) is 0 Å². The predicted molar refractivity (Wildman–Crippen MR) is 65.7 cm³/mol. The summed E-state index contributed by atoms with van der Waals surface area (Å²) < 4.78 is 0. The van der Waals surface area contributed by atoms with Crippen LogP contribution < -0.4 is 10.2 Å². The highest BCUT2D eigenvalue weighted by atomic mass is 15.2. The molecule has 1 aromatic heterocycles. The van der Waals surface area contributed by atoms with E-state index >= 15 is 0 Å². The number of fused-ring (bicyclic) bond motifs is 1. The molecule has 0 radical (unpaired) electrons. The lowest BCUT2D eigenvalue weighted by molar-refractivity contribution is 0.340. The smallest absolute Gasteiger partial charge is 0.163 e. The SMILES string of the molecule is N#Cc1ncccc1N1C[C@@H]2CCCN[C@@H]2C1. The van der Waals surface area contributed by atoms with E-state index in [0.717, 1.165) is 31.2 Å². The van der Waals surface area contributed by atoms with E-state index in [0.29, 0.717) is 11.7 Å². The van der Waals surface area contributed by atoms with Gasteiger partial charge in [-0.1, -0.05) is 0 Å². The van der Waals surface area contributed by atoms with Crippen molar-refractivity contribution in [3.63, 3.8) is 0 Å². The van der Waals surface area contributed by atoms with Gasteiger partial charge < -0.3 is 10.2 Å². The molecule has 3 rings (SSSR count). The van der Waals surface area contributed by atoms with E-state index in [1.807, 2.05) is 12.1 Å². The number of nitrogens with zero attached hydrogens (tertiary/aromatic N) is 3. The molecule has 2 aliphatic rings. The Morgan fingerprint density at radius 3 is 3.24 bits per heavy atom. The summed E-state index contributed by atoms with van der Waals surface area (Å²) >= 11 is 0. The minimum atomic E-state index is 0.547. The van der Waals surface area contributed by atoms with Crippen LogP contribution in [0.25, 0.3) is 0 Å². The number of pyridine rings is 1. The second kappa shape index (κ2) is 4.34. The third kappa shape index (κ3) is 1.87. The number of nitrogens with one attached hydrogen (secondary N) is 1. The lowest BCUT2D eigenvalue weighted by Gasteiger charge is -2.24. The first-order valence-corrected chi connectivity index (χ1v) is 6.22. The molecule has 2 atom stereocenters. The summed E-state index contributed by atoms with van der Waals surface area (Å²) in [7, 11) is 0. The minimum absolute atomic E-state index is 0.547. The summed E-state index contributed by atoms with van der Waals surface area (Å²) in [4.78, 5) is 6.44. The van der Waals surface area contributed by atoms with Crippen molar-refractivity contribution >= 4 is 5.69 Å². The van der Waals surface area contributed by atoms with Crippen LogP contribution in [0.5, 0.6) is 0 Å². The maximum absolute atomic E-state index is 9.08. The highest BCUT2D eigenvalue weighted by molar-refractivity contribution is 5.56. The normalized spacial score (nSPS) is 27.6. The summed E-state index contributed by atoms with van der Waals surface area (Å²) in [6, 6.07) is 6.68. The fraction of sp³-hybridized carbons (Fsp3) is 0.538. The Morgan fingerprint density at radius 1 is 1.47 bits per heavy atom. The summed E-state index contributed by atoms with van der Waals surface area (Å²) in [5.74, 6) is 0.732. The summed E-state index contributed by atoms with van der Waals surface area (Å²) in [6.07, 6.45) is 4.26. The van der Waals surface area contributed by atoms with Gasteiger partial charge >= 0.3 is 0 Å². The molecule has 0 aromatic carbocycles. The van der Waals surface area contributed by atoms with Crippen molar-refractivity contribution in [3.8, 4) is 6.07 Å². The van der Waals surface area contributed by atoms with Gasteiger partial charge in [-0.2, -0.15) is 5.26 Å². The van der Waals surface area contributed by atoms with Crippen LogP contribution in [-0.4, -0.2) is 30.7 Å². The molecule has 4 nitrogen and oxygen atoms in total. The van der Waals surface area contributed by atoms with E-state index in [9.17, 15) is 0 Å². The average molecular weight is 228 g/mol. The predicted octanol–water partition coefficient (Wildman–Crippen LogP) is 1.14. The Hall–Kier alpha value is -1.60. The van der Waals surface area contributed by atoms with Crippen LogP contribution in [0.3, 0.4) is 0 Å². The third-order valence-corrected chi connectivity index (χ3v) is 3.83. The van der Waals surface area contributed by atoms with Crippen LogP contribution >= 0.6 is 0 Å². The van der Waals surface area contributed by atoms with Crippen molar-refractivity contribution in [2.24, 2.45) is 5.92 Å². The Morgan fingerprint density at radius 2 is 2.41 bits per heavy atom. The number of piperidine rings is 1. The van der Waals surface area contributed by atoms with Gasteiger partial charge in [0.05, 0.1) is 5.69 Å². The molecule has 2 fully saturated rings. The van der Waals surface area contributed by atoms with E-state index in [2.05, 4.69) is 21.3 Å². The van der Waals surface area contributed by atoms with E-state index in [1.165, 1.54) is 12.8 Å². The number of aromatic nitrogens is 1. The number of nitriles is 1. The molecule has 2 saturated heterocycles. The molecule has 0 aliphatic carbocycles. The van der Waals surface area contributed by atoms with Gasteiger partial charge in [-0.15, -0.1) is 0 Å². The van der Waals surface area contributed by atoms with E-state index < -0.39 is 0 Å². The van der Waals surface area contributed by atoms with E-state index in [4.69, 9.17) is 5.26 Å². The third-order valence-electron chi connectivity index (χ3n) is 3.83. The summed E-state index contributed by atoms with van der Waals surface area (Å²) in [5.41, 5.74) is 1.54. The largest absolute Gasteiger partial charge is 0.367 e. The zero-order valence-electron chi connectivity index (χ0n) is 9.76. The topological polar surface area (TPSA) is 52.0 Å². The Bertz CT molecular complexity index is 437. The maximum Gasteiger partial charge on any atom is 0.163 e. The maximum atomic E-state index is 9.08. The van der Waals surface area contributed by atoms with Gasteiger partial charge in [-0.25, -0.2) is 4.98 Å². The molecule has 2 aliphatic heterocycles. The van der Waals surface area contributed by atoms with E-state index in [1.54, 1.807) is 6.20 Å². The van der Waals surface area contributed by atoms with Crippen LogP contribution in [0, 0.1) is 17.2 Å². The van der Waals surface area contributed by atoms with Crippen molar-refractivity contribution in [2.45, 2.75) is 18.9 Å². The van der Waals surface area contributed by atoms with Crippen molar-refractivity contribution in [3.05, 3.63) is 24.0 Å². The molecule has 1 N–H and O–H groups in total. The van der Waals surface area contributed by atoms with Gasteiger partial charge in [0.2, 0.25) is 0 Å². The minimum Gasteiger partial charge on any atom is -0.367 e. The van der Waals surface area contributed by atoms with Gasteiger partial charge in [0.15, 0.2) is 5.69 Å². The second-order valence-corrected chi connectivity index (χ2v) is 4.85. The van der Waals surface area contributed by atoms with Gasteiger partial charge in [-0.05, 0) is 37.4 Å². The van der Waals surface area contributed by atoms with Crippen molar-refractivity contribution in [1.29, 1.82) is 5.26 Å². The highest BCUT2D eigenvalue weighted by Gasteiger charge is 2.35. The highest BCUT2D eigenvalue weighted by Crippen LogP contribution is 2.29. The lowest BCUT2D eigenvalue weighted by Crippen LogP contribution is -2.40. The number of hydrogen-bond acceptors (Lipinski definition) is 4. The second-order valence-electron chi connectivity index (χ2n) is 4.85. The number of rotatable bonds is 1. The number of anilines is 1. The zero-order valence-corrected chi connectivity index (χ0v) is 9.76. The zero-order chi connectivity index (χ0) is 11.7. The van der Waals surface area contributed by atoms with Crippen LogP contribution in [0.4, 0.5) is 5.69 Å². The molecule has 0 amide bonds. The van der Waals surface area contributed by atoms with Crippen LogP contribution in [0.15, 0.2) is 18.3 Å². The van der Waals surface area contributed by atoms with Gasteiger partial charge in [0, 0.05) is 25.3 Å². The van der Waals surface area contributed by atoms with Crippen LogP contribution in [0.2, 0.25) is 0 Å². The molecule has 1 aromatic rings. The first-order valence-electron chi connectivity index (χ1n) is 6.22. The van der Waals surface area contributed by atoms with E-state index in [-0.39, 0.29) is 0 Å². The fourth-order valence-corrected chi connectivity index (χ4v) is 2.98. The van der Waals surface area contributed by atoms with Crippen LogP contribution in [0.1, 0.15) is 18.5 Å². The first kappa shape index (κ1) is 10.5. The molecule has 0 spiro atoms. The molecule has 17 heavy (non-hydrogen) atoms. The van der Waals surface area contributed by atoms with Gasteiger partial charge in [0.25, 0.3) is 0 Å². The summed E-state index contributed by atoms with van der Waals surface area (Å²) in [5, 5.41) is 12.7. The molecule has 3 heterocycles. The average Bonchev–Trinajstić information content (AvgIpc) is 2.82. The quantitative estimate of drug-likeness (QED) is 0.783. The Kier molecular flexibility index (Phi) is 2.69. The van der Waals surface area contributed by atoms with Crippen molar-refractivity contribution in [1.82, 2.24) is 10.3 Å². The van der Waals surface area contributed by atoms with Gasteiger partial charge in [0.1, 0.15) is 6.07 Å². The molecular weight excluding hydrogens is 212 g/mol. The fourth-order valence-electron chi connectivity index (χ4n) is 2.98. The standard InChI is InChI=1S/C13H16N4/c14-7-11-13(4-2-6-15-11)17-8-10-3-1-5-16-12(10)9-17/h2,4,6,10,12,16H,1,3,5,8-9H2/t10-,12+/m0/s1. The molecule has 0 saturated carbocycles. The molecule has 0 unspecified atom stereocenters. The molecule has 88 valence electrons. The molecule has 0 bridgehead atoms. The molecule has 4 heteroatoms. The van der Waals surface area contributed by atoms with Crippen molar-refractivity contribution < 1.29 is 0 Å². The molecular formula is C13H16N4. The summed E-state index contributed by atoms with van der Waals surface area (Å²) in [6.45, 7) is 3.19. The first-order chi connectivity index (χ1) is 8.38. The van der Waals surface area contributed by atoms with Crippen molar-refractivity contribution in [2.75, 3.05) is 24.5 Å². The Labute approximate surface area is 101 Å². The number of hydrogen-bond donors (Lipinski definition) is 1. The monoisotopic (exact) mass is 228 g/mol. The lowest BCUT2D eigenvalue weighted by atomic mass is 9.94.